The largest absolute Gasteiger partial charge is 0.389 e. The first-order valence-electron chi connectivity index (χ1n) is 8.73. The van der Waals surface area contributed by atoms with Crippen molar-refractivity contribution in [3.63, 3.8) is 0 Å². The van der Waals surface area contributed by atoms with Gasteiger partial charge in [-0.2, -0.15) is 0 Å². The molecule has 0 aromatic rings. The second-order valence-electron chi connectivity index (χ2n) is 7.68. The van der Waals surface area contributed by atoms with Gasteiger partial charge in [0.05, 0.1) is 12.0 Å². The summed E-state index contributed by atoms with van der Waals surface area (Å²) in [5, 5.41) is 21.6. The topological polar surface area (TPSA) is 91.7 Å². The standard InChI is InChI=1S/C20H30O5/c1-11(2)7-9-14-18(23)16(17(22)13(5)6)19(24)20(14,25)15(21)10-8-12(3)4/h7-8,13-16,21,25H,9-10H2,1-6H3/t14-,15+,16?,20-/m1/s1. The Morgan fingerprint density at radius 2 is 1.64 bits per heavy atom. The fourth-order valence-electron chi connectivity index (χ4n) is 3.13. The molecule has 0 aromatic heterocycles. The molecule has 0 aliphatic heterocycles. The lowest BCUT2D eigenvalue weighted by atomic mass is 9.80. The van der Waals surface area contributed by atoms with Gasteiger partial charge in [0.15, 0.2) is 23.0 Å². The highest BCUT2D eigenvalue weighted by molar-refractivity contribution is 6.27. The predicted molar refractivity (Wildman–Crippen MR) is 95.9 cm³/mol. The Bertz CT molecular complexity index is 606. The number of carbonyl (C=O) groups is 3. The molecule has 0 aromatic carbocycles. The summed E-state index contributed by atoms with van der Waals surface area (Å²) < 4.78 is 0. The molecule has 1 fully saturated rings. The third-order valence-corrected chi connectivity index (χ3v) is 4.69. The Kier molecular flexibility index (Phi) is 7.03. The zero-order chi connectivity index (χ0) is 19.5. The van der Waals surface area contributed by atoms with Crippen molar-refractivity contribution in [1.82, 2.24) is 0 Å². The number of ketones is 3. The van der Waals surface area contributed by atoms with Gasteiger partial charge in [0.25, 0.3) is 0 Å². The van der Waals surface area contributed by atoms with E-state index in [2.05, 4.69) is 0 Å². The van der Waals surface area contributed by atoms with Crippen LogP contribution in [-0.2, 0) is 14.4 Å². The van der Waals surface area contributed by atoms with Crippen LogP contribution in [0, 0.1) is 17.8 Å². The molecule has 1 rings (SSSR count). The first-order valence-corrected chi connectivity index (χ1v) is 8.73. The number of carbonyl (C=O) groups excluding carboxylic acids is 3. The second kappa shape index (κ2) is 8.19. The molecule has 1 aliphatic carbocycles. The molecule has 0 amide bonds. The van der Waals surface area contributed by atoms with Gasteiger partial charge < -0.3 is 10.2 Å². The van der Waals surface area contributed by atoms with E-state index in [-0.39, 0.29) is 12.8 Å². The first-order chi connectivity index (χ1) is 11.4. The average Bonchev–Trinajstić information content (AvgIpc) is 2.69. The molecule has 0 spiro atoms. The number of hydrogen-bond acceptors (Lipinski definition) is 5. The fraction of sp³-hybridized carbons (Fsp3) is 0.650. The van der Waals surface area contributed by atoms with E-state index < -0.39 is 46.8 Å². The van der Waals surface area contributed by atoms with Gasteiger partial charge in [-0.15, -0.1) is 0 Å². The van der Waals surface area contributed by atoms with Crippen LogP contribution in [0.5, 0.6) is 0 Å². The molecule has 2 N–H and O–H groups in total. The van der Waals surface area contributed by atoms with E-state index in [1.807, 2.05) is 27.7 Å². The molecule has 5 heteroatoms. The first kappa shape index (κ1) is 21.5. The van der Waals surface area contributed by atoms with Gasteiger partial charge in [0.1, 0.15) is 5.92 Å². The average molecular weight is 350 g/mol. The highest BCUT2D eigenvalue weighted by Gasteiger charge is 2.63. The van der Waals surface area contributed by atoms with Gasteiger partial charge in [0, 0.05) is 5.92 Å². The van der Waals surface area contributed by atoms with Crippen molar-refractivity contribution in [2.24, 2.45) is 17.8 Å². The minimum Gasteiger partial charge on any atom is -0.389 e. The summed E-state index contributed by atoms with van der Waals surface area (Å²) in [6.07, 6.45) is 2.19. The molecule has 0 bridgehead atoms. The van der Waals surface area contributed by atoms with E-state index in [1.165, 1.54) is 0 Å². The number of hydrogen-bond donors (Lipinski definition) is 2. The number of rotatable bonds is 7. The summed E-state index contributed by atoms with van der Waals surface area (Å²) in [6, 6.07) is 0. The highest BCUT2D eigenvalue weighted by Crippen LogP contribution is 2.41. The molecule has 5 nitrogen and oxygen atoms in total. The third kappa shape index (κ3) is 4.33. The van der Waals surface area contributed by atoms with Crippen molar-refractivity contribution < 1.29 is 24.6 Å². The minimum absolute atomic E-state index is 0.0474. The predicted octanol–water partition coefficient (Wildman–Crippen LogP) is 2.40. The Hall–Kier alpha value is -1.59. The van der Waals surface area contributed by atoms with Crippen molar-refractivity contribution in [2.45, 2.75) is 66.1 Å². The lowest BCUT2D eigenvalue weighted by Crippen LogP contribution is -2.52. The van der Waals surface area contributed by atoms with Crippen LogP contribution < -0.4 is 0 Å². The fourth-order valence-corrected chi connectivity index (χ4v) is 3.13. The van der Waals surface area contributed by atoms with E-state index in [1.54, 1.807) is 26.0 Å². The van der Waals surface area contributed by atoms with E-state index >= 15 is 0 Å². The number of Topliss-reactive ketones (excluding diaryl/α,β-unsaturated/α-hetero) is 3. The molecule has 4 atom stereocenters. The van der Waals surface area contributed by atoms with E-state index in [4.69, 9.17) is 0 Å². The van der Waals surface area contributed by atoms with Crippen LogP contribution in [0.1, 0.15) is 54.4 Å². The quantitative estimate of drug-likeness (QED) is 0.543. The highest BCUT2D eigenvalue weighted by atomic mass is 16.4. The van der Waals surface area contributed by atoms with Gasteiger partial charge >= 0.3 is 0 Å². The van der Waals surface area contributed by atoms with Crippen molar-refractivity contribution in [1.29, 1.82) is 0 Å². The van der Waals surface area contributed by atoms with Crippen molar-refractivity contribution >= 4 is 17.3 Å². The van der Waals surface area contributed by atoms with Gasteiger partial charge in [-0.05, 0) is 40.5 Å². The molecular weight excluding hydrogens is 320 g/mol. The van der Waals surface area contributed by atoms with Gasteiger partial charge in [0.2, 0.25) is 0 Å². The summed E-state index contributed by atoms with van der Waals surface area (Å²) in [4.78, 5) is 38.0. The van der Waals surface area contributed by atoms with Crippen LogP contribution in [0.3, 0.4) is 0 Å². The molecule has 140 valence electrons. The third-order valence-electron chi connectivity index (χ3n) is 4.69. The molecule has 0 saturated heterocycles. The normalized spacial score (nSPS) is 27.4. The van der Waals surface area contributed by atoms with Crippen LogP contribution in [0.2, 0.25) is 0 Å². The van der Waals surface area contributed by atoms with Crippen molar-refractivity contribution in [3.05, 3.63) is 23.3 Å². The Morgan fingerprint density at radius 1 is 1.12 bits per heavy atom. The lowest BCUT2D eigenvalue weighted by molar-refractivity contribution is -0.155. The van der Waals surface area contributed by atoms with Gasteiger partial charge in [-0.25, -0.2) is 0 Å². The van der Waals surface area contributed by atoms with Crippen LogP contribution >= 0.6 is 0 Å². The smallest absolute Gasteiger partial charge is 0.185 e. The van der Waals surface area contributed by atoms with Crippen LogP contribution in [-0.4, -0.2) is 39.3 Å². The van der Waals surface area contributed by atoms with E-state index in [0.717, 1.165) is 11.1 Å². The molecular formula is C20H30O5. The summed E-state index contributed by atoms with van der Waals surface area (Å²) in [7, 11) is 0. The second-order valence-corrected chi connectivity index (χ2v) is 7.68. The van der Waals surface area contributed by atoms with Crippen LogP contribution in [0.4, 0.5) is 0 Å². The monoisotopic (exact) mass is 350 g/mol. The summed E-state index contributed by atoms with van der Waals surface area (Å²) in [6.45, 7) is 10.6. The number of aliphatic hydroxyl groups excluding tert-OH is 1. The molecule has 0 heterocycles. The molecule has 1 aliphatic rings. The van der Waals surface area contributed by atoms with Gasteiger partial charge in [-0.3, -0.25) is 14.4 Å². The number of aliphatic hydroxyl groups is 2. The zero-order valence-corrected chi connectivity index (χ0v) is 16.0. The van der Waals surface area contributed by atoms with Crippen LogP contribution in [0.15, 0.2) is 23.3 Å². The van der Waals surface area contributed by atoms with E-state index in [9.17, 15) is 24.6 Å². The maximum atomic E-state index is 12.8. The summed E-state index contributed by atoms with van der Waals surface area (Å²) in [5.41, 5.74) is -0.375. The van der Waals surface area contributed by atoms with Crippen molar-refractivity contribution in [3.8, 4) is 0 Å². The molecule has 1 unspecified atom stereocenters. The maximum absolute atomic E-state index is 12.8. The Morgan fingerprint density at radius 3 is 2.08 bits per heavy atom. The Labute approximate surface area is 149 Å². The molecule has 1 saturated carbocycles. The summed E-state index contributed by atoms with van der Waals surface area (Å²) in [5.74, 6) is -5.04. The maximum Gasteiger partial charge on any atom is 0.185 e. The summed E-state index contributed by atoms with van der Waals surface area (Å²) >= 11 is 0. The minimum atomic E-state index is -2.23. The van der Waals surface area contributed by atoms with Crippen molar-refractivity contribution in [2.75, 3.05) is 0 Å². The molecule has 25 heavy (non-hydrogen) atoms. The SMILES string of the molecule is CC(C)=CC[C@@H]1C(=O)C(C(=O)C(C)C)C(=O)[C@]1(O)[C@@H](O)CC=C(C)C. The van der Waals surface area contributed by atoms with Gasteiger partial charge in [-0.1, -0.05) is 37.1 Å². The zero-order valence-electron chi connectivity index (χ0n) is 16.0. The lowest BCUT2D eigenvalue weighted by Gasteiger charge is -2.31. The molecule has 0 radical (unpaired) electrons. The van der Waals surface area contributed by atoms with E-state index in [0.29, 0.717) is 0 Å². The Balaban J connectivity index is 3.34. The number of allylic oxidation sites excluding steroid dienone is 3. The van der Waals surface area contributed by atoms with Crippen LogP contribution in [0.25, 0.3) is 0 Å².